The number of nitrogens with one attached hydrogen (secondary N) is 1. The molecule has 3 heterocycles. The highest BCUT2D eigenvalue weighted by Crippen LogP contribution is 2.29. The summed E-state index contributed by atoms with van der Waals surface area (Å²) in [6.07, 6.45) is 1.35. The molecule has 1 aliphatic rings. The van der Waals surface area contributed by atoms with Crippen molar-refractivity contribution in [1.29, 1.82) is 0 Å². The Hall–Kier alpha value is -4.54. The van der Waals surface area contributed by atoms with Gasteiger partial charge in [-0.05, 0) is 62.7 Å². The van der Waals surface area contributed by atoms with Crippen LogP contribution in [0.3, 0.4) is 0 Å². The SMILES string of the molecule is COc1ccc(CNc2cc(-c3cc(C(N)=O)cc(N4CCN(C(=O)OC(C)(C)C)CC4)n3)ccn2)cc1OC. The van der Waals surface area contributed by atoms with Gasteiger partial charge in [0.15, 0.2) is 11.5 Å². The van der Waals surface area contributed by atoms with Crippen molar-refractivity contribution in [1.82, 2.24) is 14.9 Å². The molecule has 0 spiro atoms. The van der Waals surface area contributed by atoms with Gasteiger partial charge in [-0.2, -0.15) is 0 Å². The molecular weight excluding hydrogens is 512 g/mol. The number of ether oxygens (including phenoxy) is 3. The van der Waals surface area contributed by atoms with E-state index in [9.17, 15) is 9.59 Å². The van der Waals surface area contributed by atoms with Crippen molar-refractivity contribution in [2.24, 2.45) is 5.73 Å². The van der Waals surface area contributed by atoms with Crippen LogP contribution in [0.1, 0.15) is 36.7 Å². The average molecular weight is 549 g/mol. The molecule has 0 radical (unpaired) electrons. The Kier molecular flexibility index (Phi) is 8.61. The predicted molar refractivity (Wildman–Crippen MR) is 153 cm³/mol. The van der Waals surface area contributed by atoms with Gasteiger partial charge in [0, 0.05) is 50.0 Å². The number of carbonyl (C=O) groups is 2. The monoisotopic (exact) mass is 548 g/mol. The van der Waals surface area contributed by atoms with Gasteiger partial charge in [0.1, 0.15) is 17.2 Å². The van der Waals surface area contributed by atoms with Crippen LogP contribution in [0, 0.1) is 0 Å². The number of hydrogen-bond acceptors (Lipinski definition) is 9. The first kappa shape index (κ1) is 28.5. The zero-order valence-electron chi connectivity index (χ0n) is 23.6. The summed E-state index contributed by atoms with van der Waals surface area (Å²) in [5.74, 6) is 2.03. The van der Waals surface area contributed by atoms with Crippen LogP contribution in [0.4, 0.5) is 16.4 Å². The summed E-state index contributed by atoms with van der Waals surface area (Å²) in [6.45, 7) is 8.09. The van der Waals surface area contributed by atoms with Crippen LogP contribution in [0.2, 0.25) is 0 Å². The Morgan fingerprint density at radius 2 is 1.70 bits per heavy atom. The number of amides is 2. The second-order valence-electron chi connectivity index (χ2n) is 10.4. The molecule has 0 saturated carbocycles. The van der Waals surface area contributed by atoms with Crippen molar-refractivity contribution >= 4 is 23.6 Å². The largest absolute Gasteiger partial charge is 0.493 e. The van der Waals surface area contributed by atoms with Crippen molar-refractivity contribution in [2.45, 2.75) is 32.9 Å². The number of hydrogen-bond donors (Lipinski definition) is 2. The van der Waals surface area contributed by atoms with Crippen molar-refractivity contribution in [2.75, 3.05) is 50.6 Å². The number of piperazine rings is 1. The minimum absolute atomic E-state index is 0.336. The Bertz CT molecular complexity index is 1370. The van der Waals surface area contributed by atoms with Gasteiger partial charge >= 0.3 is 6.09 Å². The zero-order chi connectivity index (χ0) is 28.9. The molecule has 0 aliphatic carbocycles. The third-order valence-corrected chi connectivity index (χ3v) is 6.33. The maximum absolute atomic E-state index is 12.5. The van der Waals surface area contributed by atoms with Crippen LogP contribution in [0.25, 0.3) is 11.3 Å². The lowest BCUT2D eigenvalue weighted by molar-refractivity contribution is 0.0240. The molecule has 2 aromatic heterocycles. The molecule has 1 fully saturated rings. The molecule has 0 atom stereocenters. The molecule has 4 rings (SSSR count). The minimum atomic E-state index is -0.555. The minimum Gasteiger partial charge on any atom is -0.493 e. The van der Waals surface area contributed by atoms with E-state index in [4.69, 9.17) is 24.9 Å². The quantitative estimate of drug-likeness (QED) is 0.430. The number of primary amides is 1. The lowest BCUT2D eigenvalue weighted by Gasteiger charge is -2.36. The summed E-state index contributed by atoms with van der Waals surface area (Å²) in [4.78, 5) is 37.6. The number of methoxy groups -OCH3 is 2. The van der Waals surface area contributed by atoms with Crippen LogP contribution in [-0.4, -0.2) is 72.9 Å². The van der Waals surface area contributed by atoms with Gasteiger partial charge < -0.3 is 35.1 Å². The maximum atomic E-state index is 12.5. The number of rotatable bonds is 8. The zero-order valence-corrected chi connectivity index (χ0v) is 23.6. The summed E-state index contributed by atoms with van der Waals surface area (Å²) in [6, 6.07) is 12.8. The van der Waals surface area contributed by atoms with Gasteiger partial charge in [-0.15, -0.1) is 0 Å². The lowest BCUT2D eigenvalue weighted by Crippen LogP contribution is -2.50. The van der Waals surface area contributed by atoms with E-state index in [1.54, 1.807) is 37.4 Å². The van der Waals surface area contributed by atoms with E-state index in [0.717, 1.165) is 11.1 Å². The molecule has 2 amide bonds. The Balaban J connectivity index is 1.50. The average Bonchev–Trinajstić information content (AvgIpc) is 2.95. The van der Waals surface area contributed by atoms with Crippen LogP contribution < -0.4 is 25.4 Å². The Morgan fingerprint density at radius 3 is 2.35 bits per heavy atom. The molecule has 0 bridgehead atoms. The van der Waals surface area contributed by atoms with Gasteiger partial charge in [0.05, 0.1) is 19.9 Å². The fourth-order valence-corrected chi connectivity index (χ4v) is 4.28. The summed E-state index contributed by atoms with van der Waals surface area (Å²) < 4.78 is 16.2. The van der Waals surface area contributed by atoms with Gasteiger partial charge in [0.25, 0.3) is 0 Å². The topological polar surface area (TPSA) is 132 Å². The molecule has 3 aromatic rings. The van der Waals surface area contributed by atoms with Crippen LogP contribution in [0.15, 0.2) is 48.7 Å². The lowest BCUT2D eigenvalue weighted by atomic mass is 10.1. The fourth-order valence-electron chi connectivity index (χ4n) is 4.28. The van der Waals surface area contributed by atoms with Crippen LogP contribution in [0.5, 0.6) is 11.5 Å². The molecule has 1 aliphatic heterocycles. The highest BCUT2D eigenvalue weighted by atomic mass is 16.6. The molecule has 0 unspecified atom stereocenters. The number of nitrogens with zero attached hydrogens (tertiary/aromatic N) is 4. The summed E-state index contributed by atoms with van der Waals surface area (Å²) in [5, 5.41) is 3.32. The van der Waals surface area contributed by atoms with Crippen LogP contribution in [-0.2, 0) is 11.3 Å². The standard InChI is InChI=1S/C29H36N6O5/c1-29(2,3)40-28(37)35-12-10-34(11-13-35)26-17-21(27(30)36)15-22(33-26)20-8-9-31-25(16-20)32-18-19-6-7-23(38-4)24(14-19)39-5/h6-9,14-17H,10-13,18H2,1-5H3,(H2,30,36)(H,31,32). The van der Waals surface area contributed by atoms with Crippen molar-refractivity contribution in [3.63, 3.8) is 0 Å². The molecular formula is C29H36N6O5. The third-order valence-electron chi connectivity index (χ3n) is 6.33. The molecule has 40 heavy (non-hydrogen) atoms. The van der Waals surface area contributed by atoms with E-state index in [1.165, 1.54) is 0 Å². The smallest absolute Gasteiger partial charge is 0.410 e. The summed E-state index contributed by atoms with van der Waals surface area (Å²) in [5.41, 5.74) is 7.83. The summed E-state index contributed by atoms with van der Waals surface area (Å²) >= 11 is 0. The van der Waals surface area contributed by atoms with E-state index in [2.05, 4.69) is 10.3 Å². The van der Waals surface area contributed by atoms with E-state index in [1.807, 2.05) is 56.0 Å². The Morgan fingerprint density at radius 1 is 0.975 bits per heavy atom. The number of nitrogens with two attached hydrogens (primary N) is 1. The second-order valence-corrected chi connectivity index (χ2v) is 10.4. The van der Waals surface area contributed by atoms with E-state index >= 15 is 0 Å². The summed E-state index contributed by atoms with van der Waals surface area (Å²) in [7, 11) is 3.20. The molecule has 212 valence electrons. The van der Waals surface area contributed by atoms with E-state index in [-0.39, 0.29) is 6.09 Å². The molecule has 3 N–H and O–H groups in total. The second kappa shape index (κ2) is 12.1. The van der Waals surface area contributed by atoms with Gasteiger partial charge in [0.2, 0.25) is 5.91 Å². The highest BCUT2D eigenvalue weighted by Gasteiger charge is 2.27. The number of benzene rings is 1. The number of aromatic nitrogens is 2. The van der Waals surface area contributed by atoms with Crippen molar-refractivity contribution in [3.8, 4) is 22.8 Å². The number of carbonyl (C=O) groups excluding carboxylic acids is 2. The van der Waals surface area contributed by atoms with Gasteiger partial charge in [-0.3, -0.25) is 4.79 Å². The number of anilines is 2. The fraction of sp³-hybridized carbons (Fsp3) is 0.379. The predicted octanol–water partition coefficient (Wildman–Crippen LogP) is 3.93. The third kappa shape index (κ3) is 7.10. The van der Waals surface area contributed by atoms with Gasteiger partial charge in [-0.25, -0.2) is 14.8 Å². The van der Waals surface area contributed by atoms with E-state index in [0.29, 0.717) is 67.1 Å². The first-order valence-electron chi connectivity index (χ1n) is 13.0. The van der Waals surface area contributed by atoms with Crippen molar-refractivity contribution < 1.29 is 23.8 Å². The van der Waals surface area contributed by atoms with Gasteiger partial charge in [-0.1, -0.05) is 6.07 Å². The molecule has 1 saturated heterocycles. The first-order valence-corrected chi connectivity index (χ1v) is 13.0. The maximum Gasteiger partial charge on any atom is 0.410 e. The van der Waals surface area contributed by atoms with Crippen LogP contribution >= 0.6 is 0 Å². The molecule has 11 nitrogen and oxygen atoms in total. The van der Waals surface area contributed by atoms with E-state index < -0.39 is 11.5 Å². The first-order chi connectivity index (χ1) is 19.1. The van der Waals surface area contributed by atoms with Crippen molar-refractivity contribution in [3.05, 3.63) is 59.8 Å². The highest BCUT2D eigenvalue weighted by molar-refractivity contribution is 5.94. The normalized spacial score (nSPS) is 13.5. The Labute approximate surface area is 234 Å². The number of pyridine rings is 2. The molecule has 11 heteroatoms. The molecule has 1 aromatic carbocycles.